The van der Waals surface area contributed by atoms with E-state index in [2.05, 4.69) is 20.9 Å². The minimum Gasteiger partial charge on any atom is -0.479 e. The maximum atomic E-state index is 12.2. The minimum absolute atomic E-state index is 0.0712. The van der Waals surface area contributed by atoms with Gasteiger partial charge in [-0.1, -0.05) is 30.3 Å². The van der Waals surface area contributed by atoms with Crippen molar-refractivity contribution in [1.29, 1.82) is 0 Å². The topological polar surface area (TPSA) is 140 Å². The first-order chi connectivity index (χ1) is 18.7. The third-order valence-electron chi connectivity index (χ3n) is 7.21. The average molecular weight is 554 g/mol. The quantitative estimate of drug-likeness (QED) is 0.207. The Morgan fingerprint density at radius 2 is 1.97 bits per heavy atom. The Morgan fingerprint density at radius 3 is 2.62 bits per heavy atom. The number of carboxylic acids is 2. The highest BCUT2D eigenvalue weighted by Gasteiger charge is 2.50. The third-order valence-corrected chi connectivity index (χ3v) is 7.38. The Kier molecular flexibility index (Phi) is 7.44. The summed E-state index contributed by atoms with van der Waals surface area (Å²) < 4.78 is 13.5. The summed E-state index contributed by atoms with van der Waals surface area (Å²) in [7, 11) is 1.94. The van der Waals surface area contributed by atoms with Crippen molar-refractivity contribution >= 4 is 40.5 Å². The Morgan fingerprint density at radius 1 is 1.26 bits per heavy atom. The second kappa shape index (κ2) is 10.8. The summed E-state index contributed by atoms with van der Waals surface area (Å²) in [6.45, 7) is 0.500. The van der Waals surface area contributed by atoms with E-state index in [1.165, 1.54) is 12.8 Å². The predicted octanol–water partition coefficient (Wildman–Crippen LogP) is 3.03. The van der Waals surface area contributed by atoms with E-state index in [0.717, 1.165) is 6.54 Å². The molecule has 1 aliphatic carbocycles. The highest BCUT2D eigenvalue weighted by Crippen LogP contribution is 2.37. The number of ether oxygens (including phenoxy) is 2. The van der Waals surface area contributed by atoms with Crippen molar-refractivity contribution in [3.8, 4) is 12.3 Å². The smallest absolute Gasteiger partial charge is 0.348 e. The van der Waals surface area contributed by atoms with Gasteiger partial charge in [0.05, 0.1) is 25.0 Å². The van der Waals surface area contributed by atoms with Crippen molar-refractivity contribution in [3.05, 3.63) is 47.5 Å². The maximum Gasteiger partial charge on any atom is 0.348 e. The Hall–Kier alpha value is -3.72. The van der Waals surface area contributed by atoms with Gasteiger partial charge in [0.15, 0.2) is 17.0 Å². The number of carbonyl (C=O) groups is 2. The molecule has 3 aromatic rings. The van der Waals surface area contributed by atoms with Gasteiger partial charge in [0.1, 0.15) is 6.23 Å². The number of fused-ring (bicyclic) bond motifs is 1. The summed E-state index contributed by atoms with van der Waals surface area (Å²) >= 11 is 6.27. The second-order valence-electron chi connectivity index (χ2n) is 10.0. The van der Waals surface area contributed by atoms with Crippen LogP contribution in [-0.4, -0.2) is 73.6 Å². The molecule has 1 aromatic carbocycles. The number of hydrogen-bond acceptors (Lipinski definition) is 8. The van der Waals surface area contributed by atoms with Crippen LogP contribution in [0, 0.1) is 24.2 Å². The van der Waals surface area contributed by atoms with Gasteiger partial charge in [0, 0.05) is 26.4 Å². The van der Waals surface area contributed by atoms with E-state index in [4.69, 9.17) is 27.5 Å². The maximum absolute atomic E-state index is 12.2. The molecule has 1 aliphatic heterocycles. The number of aliphatic carboxylic acids is 2. The van der Waals surface area contributed by atoms with Crippen molar-refractivity contribution in [2.45, 2.75) is 43.6 Å². The van der Waals surface area contributed by atoms with Crippen LogP contribution in [0.15, 0.2) is 36.7 Å². The minimum atomic E-state index is -2.51. The molecule has 3 atom stereocenters. The lowest BCUT2D eigenvalue weighted by atomic mass is 9.94. The van der Waals surface area contributed by atoms with Crippen molar-refractivity contribution in [2.75, 3.05) is 25.1 Å². The summed E-state index contributed by atoms with van der Waals surface area (Å²) in [6.07, 6.45) is 8.36. The number of nitrogens with zero attached hydrogens (tertiary/aromatic N) is 5. The van der Waals surface area contributed by atoms with Gasteiger partial charge in [-0.3, -0.25) is 4.57 Å². The molecule has 2 N–H and O–H groups in total. The molecule has 0 bridgehead atoms. The monoisotopic (exact) mass is 553 g/mol. The number of benzene rings is 1. The Bertz CT molecular complexity index is 1410. The van der Waals surface area contributed by atoms with Gasteiger partial charge < -0.3 is 24.6 Å². The molecular weight excluding hydrogens is 526 g/mol. The Balaban J connectivity index is 1.37. The second-order valence-corrected chi connectivity index (χ2v) is 10.4. The summed E-state index contributed by atoms with van der Waals surface area (Å²) in [5.41, 5.74) is -0.957. The molecule has 11 nitrogen and oxygen atoms in total. The van der Waals surface area contributed by atoms with Gasteiger partial charge in [-0.25, -0.2) is 14.6 Å². The molecule has 12 heteroatoms. The van der Waals surface area contributed by atoms with Crippen molar-refractivity contribution in [1.82, 2.24) is 19.5 Å². The van der Waals surface area contributed by atoms with Crippen LogP contribution < -0.4 is 4.90 Å². The molecule has 3 heterocycles. The predicted molar refractivity (Wildman–Crippen MR) is 141 cm³/mol. The molecule has 5 rings (SSSR count). The standard InChI is InChI=1S/C27H28ClN5O6/c1-3-18-11-20(33-15-29-21-22(30-26(28)31-23(21)33)32(2)13-17-9-10-17)39-19(18)14-38-27(24(34)35,25(36)37)12-16-7-5-4-6-8-16/h1,4-8,15,17-20H,9-14H2,2H3,(H,34,35)(H,36,37). The summed E-state index contributed by atoms with van der Waals surface area (Å²) in [5.74, 6) is 0.220. The fraction of sp³-hybridized carbons (Fsp3) is 0.444. The van der Waals surface area contributed by atoms with Crippen LogP contribution in [-0.2, 0) is 25.5 Å². The van der Waals surface area contributed by atoms with Crippen LogP contribution in [0.2, 0.25) is 5.28 Å². The normalized spacial score (nSPS) is 21.1. The lowest BCUT2D eigenvalue weighted by Crippen LogP contribution is -2.52. The van der Waals surface area contributed by atoms with E-state index in [1.54, 1.807) is 41.2 Å². The number of hydrogen-bond donors (Lipinski definition) is 2. The fourth-order valence-electron chi connectivity index (χ4n) is 4.88. The van der Waals surface area contributed by atoms with Crippen LogP contribution in [0.4, 0.5) is 5.82 Å². The van der Waals surface area contributed by atoms with E-state index < -0.39 is 35.8 Å². The van der Waals surface area contributed by atoms with Crippen molar-refractivity contribution in [2.24, 2.45) is 11.8 Å². The lowest BCUT2D eigenvalue weighted by molar-refractivity contribution is -0.188. The largest absolute Gasteiger partial charge is 0.479 e. The zero-order valence-electron chi connectivity index (χ0n) is 21.2. The van der Waals surface area contributed by atoms with Gasteiger partial charge in [0.25, 0.3) is 5.60 Å². The number of carboxylic acid groups (broad SMARTS) is 2. The zero-order chi connectivity index (χ0) is 27.7. The number of halogens is 1. The molecule has 2 aromatic heterocycles. The molecule has 3 unspecified atom stereocenters. The van der Waals surface area contributed by atoms with Gasteiger partial charge in [-0.15, -0.1) is 12.3 Å². The van der Waals surface area contributed by atoms with Crippen LogP contribution in [0.3, 0.4) is 0 Å². The summed E-state index contributed by atoms with van der Waals surface area (Å²) in [5, 5.41) is 19.9. The number of rotatable bonds is 11. The van der Waals surface area contributed by atoms with E-state index in [-0.39, 0.29) is 18.3 Å². The van der Waals surface area contributed by atoms with Crippen LogP contribution in [0.25, 0.3) is 11.2 Å². The Labute approximate surface area is 229 Å². The van der Waals surface area contributed by atoms with Crippen LogP contribution >= 0.6 is 11.6 Å². The molecule has 39 heavy (non-hydrogen) atoms. The molecule has 204 valence electrons. The average Bonchev–Trinajstić information content (AvgIpc) is 3.47. The van der Waals surface area contributed by atoms with Crippen LogP contribution in [0.5, 0.6) is 0 Å². The fourth-order valence-corrected chi connectivity index (χ4v) is 5.04. The molecule has 2 aliphatic rings. The third kappa shape index (κ3) is 5.41. The molecule has 0 amide bonds. The van der Waals surface area contributed by atoms with E-state index in [1.807, 2.05) is 11.9 Å². The summed E-state index contributed by atoms with van der Waals surface area (Å²) in [4.78, 5) is 39.7. The zero-order valence-corrected chi connectivity index (χ0v) is 22.0. The molecule has 2 fully saturated rings. The van der Waals surface area contributed by atoms with Gasteiger partial charge >= 0.3 is 11.9 Å². The number of aromatic nitrogens is 4. The lowest BCUT2D eigenvalue weighted by Gasteiger charge is -2.27. The SMILES string of the molecule is C#CC1CC(n2cnc3c(N(C)CC4CC4)nc(Cl)nc32)OC1COC(Cc1ccccc1)(C(=O)O)C(=O)O. The highest BCUT2D eigenvalue weighted by molar-refractivity contribution is 6.28. The van der Waals surface area contributed by atoms with Gasteiger partial charge in [0.2, 0.25) is 5.28 Å². The molecule has 0 spiro atoms. The van der Waals surface area contributed by atoms with Crippen LogP contribution in [0.1, 0.15) is 31.1 Å². The number of imidazole rings is 1. The van der Waals surface area contributed by atoms with E-state index in [0.29, 0.717) is 34.9 Å². The first-order valence-electron chi connectivity index (χ1n) is 12.6. The van der Waals surface area contributed by atoms with Gasteiger partial charge in [-0.2, -0.15) is 9.97 Å². The summed E-state index contributed by atoms with van der Waals surface area (Å²) in [6, 6.07) is 8.43. The number of anilines is 1. The highest BCUT2D eigenvalue weighted by atomic mass is 35.5. The van der Waals surface area contributed by atoms with Gasteiger partial charge in [-0.05, 0) is 35.9 Å². The molecule has 0 radical (unpaired) electrons. The molecular formula is C27H28ClN5O6. The number of terminal acetylenes is 1. The molecule has 1 saturated heterocycles. The first kappa shape index (κ1) is 26.9. The first-order valence-corrected chi connectivity index (χ1v) is 13.0. The van der Waals surface area contributed by atoms with E-state index >= 15 is 0 Å². The van der Waals surface area contributed by atoms with E-state index in [9.17, 15) is 19.8 Å². The van der Waals surface area contributed by atoms with Crippen molar-refractivity contribution in [3.63, 3.8) is 0 Å². The van der Waals surface area contributed by atoms with Crippen molar-refractivity contribution < 1.29 is 29.3 Å². The molecule has 1 saturated carbocycles.